The lowest BCUT2D eigenvalue weighted by atomic mass is 10.1. The van der Waals surface area contributed by atoms with Crippen molar-refractivity contribution < 1.29 is 14.3 Å². The molecule has 0 bridgehead atoms. The predicted octanol–water partition coefficient (Wildman–Crippen LogP) is 4.80. The molecule has 34 heavy (non-hydrogen) atoms. The number of rotatable bonds is 7. The monoisotopic (exact) mass is 481 g/mol. The first-order valence-corrected chi connectivity index (χ1v) is 11.7. The van der Waals surface area contributed by atoms with Crippen LogP contribution in [-0.2, 0) is 28.9 Å². The number of aromatic nitrogens is 2. The van der Waals surface area contributed by atoms with Crippen LogP contribution in [-0.4, -0.2) is 28.7 Å². The molecule has 1 heterocycles. The van der Waals surface area contributed by atoms with Gasteiger partial charge in [-0.3, -0.25) is 14.2 Å². The molecule has 1 aliphatic carbocycles. The Labute approximate surface area is 203 Å². The number of methoxy groups -OCH3 is 1. The standard InChI is InChI=1S/C26H28ClN3O4/c1-5-21-24(29-23-18-10-8-7-9-16(18)13-22(23)34-15(3)31)26(32)30(6-2)25(28-21)19-12-11-17(33-4)14-20(19)27/h7-12,14,22-23,29H,5-6,13H2,1-4H3/t22-,23-/m0/s1. The first kappa shape index (κ1) is 23.8. The fourth-order valence-electron chi connectivity index (χ4n) is 4.51. The zero-order valence-electron chi connectivity index (χ0n) is 19.7. The number of esters is 1. The van der Waals surface area contributed by atoms with Crippen molar-refractivity contribution in [2.75, 3.05) is 12.4 Å². The van der Waals surface area contributed by atoms with Crippen molar-refractivity contribution in [3.05, 3.63) is 74.7 Å². The van der Waals surface area contributed by atoms with E-state index in [0.717, 1.165) is 11.1 Å². The summed E-state index contributed by atoms with van der Waals surface area (Å²) in [6.07, 6.45) is 0.712. The molecule has 8 heteroatoms. The number of hydrogen-bond acceptors (Lipinski definition) is 6. The summed E-state index contributed by atoms with van der Waals surface area (Å²) in [5.41, 5.74) is 3.61. The molecule has 4 rings (SSSR count). The van der Waals surface area contributed by atoms with E-state index in [9.17, 15) is 9.59 Å². The van der Waals surface area contributed by atoms with Crippen LogP contribution in [0.4, 0.5) is 5.69 Å². The van der Waals surface area contributed by atoms with Crippen LogP contribution in [0.3, 0.4) is 0 Å². The van der Waals surface area contributed by atoms with E-state index in [0.29, 0.717) is 52.9 Å². The Morgan fingerprint density at radius 2 is 2.00 bits per heavy atom. The molecule has 2 aromatic carbocycles. The molecule has 0 fully saturated rings. The summed E-state index contributed by atoms with van der Waals surface area (Å²) >= 11 is 6.52. The topological polar surface area (TPSA) is 82.5 Å². The first-order valence-electron chi connectivity index (χ1n) is 11.4. The Bertz CT molecular complexity index is 1290. The number of nitrogens with one attached hydrogen (secondary N) is 1. The van der Waals surface area contributed by atoms with Gasteiger partial charge >= 0.3 is 5.97 Å². The second-order valence-electron chi connectivity index (χ2n) is 8.18. The zero-order chi connectivity index (χ0) is 24.4. The Morgan fingerprint density at radius 1 is 1.24 bits per heavy atom. The maximum absolute atomic E-state index is 13.7. The van der Waals surface area contributed by atoms with E-state index in [1.165, 1.54) is 6.92 Å². The summed E-state index contributed by atoms with van der Waals surface area (Å²) in [5.74, 6) is 0.782. The summed E-state index contributed by atoms with van der Waals surface area (Å²) in [6, 6.07) is 12.9. The van der Waals surface area contributed by atoms with Gasteiger partial charge in [0.15, 0.2) is 0 Å². The average molecular weight is 482 g/mol. The normalized spacial score (nSPS) is 16.7. The molecule has 7 nitrogen and oxygen atoms in total. The van der Waals surface area contributed by atoms with Crippen LogP contribution in [0.15, 0.2) is 47.3 Å². The molecule has 0 radical (unpaired) electrons. The molecule has 2 atom stereocenters. The Hall–Kier alpha value is -3.32. The second-order valence-corrected chi connectivity index (χ2v) is 8.59. The van der Waals surface area contributed by atoms with Crippen molar-refractivity contribution in [1.29, 1.82) is 0 Å². The van der Waals surface area contributed by atoms with Crippen LogP contribution in [0.1, 0.15) is 43.6 Å². The third kappa shape index (κ3) is 4.40. The van der Waals surface area contributed by atoms with E-state index in [4.69, 9.17) is 26.1 Å². The Morgan fingerprint density at radius 3 is 2.65 bits per heavy atom. The number of halogens is 1. The van der Waals surface area contributed by atoms with Gasteiger partial charge in [0.1, 0.15) is 23.4 Å². The van der Waals surface area contributed by atoms with Gasteiger partial charge in [0, 0.05) is 25.5 Å². The molecule has 1 N–H and O–H groups in total. The number of ether oxygens (including phenoxy) is 2. The van der Waals surface area contributed by atoms with Crippen LogP contribution in [0.5, 0.6) is 5.75 Å². The minimum atomic E-state index is -0.412. The molecule has 1 aromatic heterocycles. The molecule has 3 aromatic rings. The molecule has 0 amide bonds. The highest BCUT2D eigenvalue weighted by atomic mass is 35.5. The van der Waals surface area contributed by atoms with E-state index < -0.39 is 6.10 Å². The minimum Gasteiger partial charge on any atom is -0.497 e. The molecule has 0 aliphatic heterocycles. The summed E-state index contributed by atoms with van der Waals surface area (Å²) in [7, 11) is 1.57. The first-order chi connectivity index (χ1) is 16.4. The van der Waals surface area contributed by atoms with Crippen molar-refractivity contribution in [1.82, 2.24) is 9.55 Å². The maximum atomic E-state index is 13.7. The van der Waals surface area contributed by atoms with Crippen molar-refractivity contribution >= 4 is 23.3 Å². The third-order valence-corrected chi connectivity index (χ3v) is 6.43. The number of hydrogen-bond donors (Lipinski definition) is 1. The van der Waals surface area contributed by atoms with Crippen molar-refractivity contribution in [3.63, 3.8) is 0 Å². The Balaban J connectivity index is 1.81. The fraction of sp³-hybridized carbons (Fsp3) is 0.346. The van der Waals surface area contributed by atoms with Gasteiger partial charge in [-0.2, -0.15) is 0 Å². The zero-order valence-corrected chi connectivity index (χ0v) is 20.5. The molecular weight excluding hydrogens is 454 g/mol. The molecular formula is C26H28ClN3O4. The number of anilines is 1. The van der Waals surface area contributed by atoms with Crippen molar-refractivity contribution in [3.8, 4) is 17.1 Å². The van der Waals surface area contributed by atoms with Crippen molar-refractivity contribution in [2.24, 2.45) is 0 Å². The second kappa shape index (κ2) is 9.89. The molecule has 178 valence electrons. The van der Waals surface area contributed by atoms with Crippen LogP contribution in [0.2, 0.25) is 5.02 Å². The van der Waals surface area contributed by atoms with Gasteiger partial charge in [0.2, 0.25) is 0 Å². The summed E-state index contributed by atoms with van der Waals surface area (Å²) < 4.78 is 12.5. The van der Waals surface area contributed by atoms with Gasteiger partial charge in [-0.05, 0) is 42.7 Å². The van der Waals surface area contributed by atoms with Crippen LogP contribution >= 0.6 is 11.6 Å². The minimum absolute atomic E-state index is 0.192. The highest BCUT2D eigenvalue weighted by molar-refractivity contribution is 6.33. The lowest BCUT2D eigenvalue weighted by Gasteiger charge is -2.24. The number of nitrogens with zero attached hydrogens (tertiary/aromatic N) is 2. The average Bonchev–Trinajstić information content (AvgIpc) is 3.16. The van der Waals surface area contributed by atoms with Crippen LogP contribution in [0.25, 0.3) is 11.4 Å². The molecule has 0 saturated heterocycles. The van der Waals surface area contributed by atoms with E-state index >= 15 is 0 Å². The van der Waals surface area contributed by atoms with Gasteiger partial charge in [-0.25, -0.2) is 4.98 Å². The van der Waals surface area contributed by atoms with Gasteiger partial charge in [0.25, 0.3) is 5.56 Å². The lowest BCUT2D eigenvalue weighted by Crippen LogP contribution is -2.32. The largest absolute Gasteiger partial charge is 0.497 e. The molecule has 0 spiro atoms. The third-order valence-electron chi connectivity index (χ3n) is 6.11. The quantitative estimate of drug-likeness (QED) is 0.488. The van der Waals surface area contributed by atoms with E-state index in [1.807, 2.05) is 44.2 Å². The van der Waals surface area contributed by atoms with E-state index in [2.05, 4.69) is 5.32 Å². The van der Waals surface area contributed by atoms with Gasteiger partial charge in [-0.1, -0.05) is 42.8 Å². The summed E-state index contributed by atoms with van der Waals surface area (Å²) in [6.45, 7) is 5.66. The highest BCUT2D eigenvalue weighted by Crippen LogP contribution is 2.37. The van der Waals surface area contributed by atoms with Gasteiger partial charge < -0.3 is 14.8 Å². The predicted molar refractivity (Wildman–Crippen MR) is 133 cm³/mol. The molecule has 0 saturated carbocycles. The number of fused-ring (bicyclic) bond motifs is 1. The van der Waals surface area contributed by atoms with Gasteiger partial charge in [-0.15, -0.1) is 0 Å². The molecule has 0 unspecified atom stereocenters. The summed E-state index contributed by atoms with van der Waals surface area (Å²) in [5, 5.41) is 3.86. The number of carbonyl (C=O) groups excluding carboxylic acids is 1. The number of aryl methyl sites for hydroxylation is 1. The van der Waals surface area contributed by atoms with Crippen LogP contribution < -0.4 is 15.6 Å². The smallest absolute Gasteiger partial charge is 0.302 e. The maximum Gasteiger partial charge on any atom is 0.302 e. The highest BCUT2D eigenvalue weighted by Gasteiger charge is 2.36. The van der Waals surface area contributed by atoms with Crippen LogP contribution in [0, 0.1) is 0 Å². The van der Waals surface area contributed by atoms with Gasteiger partial charge in [0.05, 0.1) is 23.9 Å². The SMILES string of the molecule is CCc1nc(-c2ccc(OC)cc2Cl)n(CC)c(=O)c1N[C@H]1c2ccccc2C[C@@H]1OC(C)=O. The number of benzene rings is 2. The molecule has 1 aliphatic rings. The number of carbonyl (C=O) groups is 1. The lowest BCUT2D eigenvalue weighted by molar-refractivity contribution is -0.146. The van der Waals surface area contributed by atoms with E-state index in [-0.39, 0.29) is 17.6 Å². The Kier molecular flexibility index (Phi) is 6.93. The fourth-order valence-corrected chi connectivity index (χ4v) is 4.77. The van der Waals surface area contributed by atoms with Crippen molar-refractivity contribution in [2.45, 2.75) is 52.3 Å². The summed E-state index contributed by atoms with van der Waals surface area (Å²) in [4.78, 5) is 30.4. The van der Waals surface area contributed by atoms with E-state index in [1.54, 1.807) is 23.8 Å².